The highest BCUT2D eigenvalue weighted by Crippen LogP contribution is 2.32. The highest BCUT2D eigenvalue weighted by molar-refractivity contribution is 7.89. The second-order valence-corrected chi connectivity index (χ2v) is 9.55. The van der Waals surface area contributed by atoms with Crippen LogP contribution in [0.5, 0.6) is 0 Å². The predicted molar refractivity (Wildman–Crippen MR) is 113 cm³/mol. The Bertz CT molecular complexity index is 1250. The molecule has 0 unspecified atom stereocenters. The van der Waals surface area contributed by atoms with Crippen LogP contribution in [0.4, 0.5) is 18.9 Å². The molecule has 1 aliphatic rings. The number of aromatic nitrogens is 1. The summed E-state index contributed by atoms with van der Waals surface area (Å²) in [5.74, 6) is -0.646. The van der Waals surface area contributed by atoms with Crippen LogP contribution in [-0.4, -0.2) is 36.7 Å². The normalized spacial score (nSPS) is 16.2. The first-order valence-electron chi connectivity index (χ1n) is 9.98. The molecule has 0 atom stereocenters. The number of carbonyl (C=O) groups excluding carboxylic acids is 1. The van der Waals surface area contributed by atoms with E-state index in [9.17, 15) is 26.4 Å². The largest absolute Gasteiger partial charge is 0.416 e. The number of benzene rings is 2. The van der Waals surface area contributed by atoms with Crippen molar-refractivity contribution in [1.82, 2.24) is 9.29 Å². The molecule has 6 nitrogen and oxygen atoms in total. The SMILES string of the molecule is O=C(Nc1cnc2ccccc2c1)C1CCN(S(=O)(=O)c2cccc(C(F)(F)F)c2)CC1. The van der Waals surface area contributed by atoms with E-state index in [1.165, 1.54) is 0 Å². The van der Waals surface area contributed by atoms with Crippen molar-refractivity contribution in [2.45, 2.75) is 23.9 Å². The molecular weight excluding hydrogens is 443 g/mol. The van der Waals surface area contributed by atoms with Crippen molar-refractivity contribution in [3.63, 3.8) is 0 Å². The molecule has 0 bridgehead atoms. The van der Waals surface area contributed by atoms with Gasteiger partial charge < -0.3 is 5.32 Å². The van der Waals surface area contributed by atoms with Gasteiger partial charge in [0.25, 0.3) is 0 Å². The maximum Gasteiger partial charge on any atom is 0.416 e. The third kappa shape index (κ3) is 4.61. The average Bonchev–Trinajstić information content (AvgIpc) is 2.78. The summed E-state index contributed by atoms with van der Waals surface area (Å²) in [6, 6.07) is 13.0. The number of nitrogens with zero attached hydrogens (tertiary/aromatic N) is 2. The van der Waals surface area contributed by atoms with Gasteiger partial charge in [0.1, 0.15) is 0 Å². The molecule has 1 fully saturated rings. The Hall–Kier alpha value is -2.98. The predicted octanol–water partition coefficient (Wildman–Crippen LogP) is 4.29. The Kier molecular flexibility index (Phi) is 5.91. The first-order chi connectivity index (χ1) is 15.1. The number of halogens is 3. The number of hydrogen-bond donors (Lipinski definition) is 1. The lowest BCUT2D eigenvalue weighted by molar-refractivity contribution is -0.137. The fourth-order valence-electron chi connectivity index (χ4n) is 3.72. The first kappa shape index (κ1) is 22.2. The summed E-state index contributed by atoms with van der Waals surface area (Å²) in [7, 11) is -4.09. The van der Waals surface area contributed by atoms with Gasteiger partial charge in [0.05, 0.1) is 27.9 Å². The molecular formula is C22H20F3N3O3S. The quantitative estimate of drug-likeness (QED) is 0.626. The Labute approximate surface area is 183 Å². The van der Waals surface area contributed by atoms with Crippen molar-refractivity contribution in [3.8, 4) is 0 Å². The van der Waals surface area contributed by atoms with Gasteiger partial charge in [-0.05, 0) is 43.2 Å². The van der Waals surface area contributed by atoms with E-state index in [-0.39, 0.29) is 31.8 Å². The molecule has 32 heavy (non-hydrogen) atoms. The fraction of sp³-hybridized carbons (Fsp3) is 0.273. The minimum atomic E-state index is -4.63. The lowest BCUT2D eigenvalue weighted by atomic mass is 9.97. The molecule has 1 saturated heterocycles. The molecule has 2 heterocycles. The van der Waals surface area contributed by atoms with Crippen molar-refractivity contribution >= 4 is 32.5 Å². The van der Waals surface area contributed by atoms with Crippen molar-refractivity contribution < 1.29 is 26.4 Å². The van der Waals surface area contributed by atoms with Gasteiger partial charge >= 0.3 is 6.18 Å². The topological polar surface area (TPSA) is 79.4 Å². The van der Waals surface area contributed by atoms with E-state index in [0.717, 1.165) is 33.4 Å². The van der Waals surface area contributed by atoms with E-state index < -0.39 is 32.6 Å². The van der Waals surface area contributed by atoms with Gasteiger partial charge in [-0.15, -0.1) is 0 Å². The summed E-state index contributed by atoms with van der Waals surface area (Å²) in [5, 5.41) is 3.70. The zero-order valence-corrected chi connectivity index (χ0v) is 17.7. The summed E-state index contributed by atoms with van der Waals surface area (Å²) >= 11 is 0. The Morgan fingerprint density at radius 3 is 2.47 bits per heavy atom. The van der Waals surface area contributed by atoms with Crippen LogP contribution in [0.1, 0.15) is 18.4 Å². The minimum Gasteiger partial charge on any atom is -0.324 e. The lowest BCUT2D eigenvalue weighted by Gasteiger charge is -2.30. The maximum absolute atomic E-state index is 12.9. The summed E-state index contributed by atoms with van der Waals surface area (Å²) in [6.45, 7) is 0.0965. The highest BCUT2D eigenvalue weighted by atomic mass is 32.2. The number of pyridine rings is 1. The number of alkyl halides is 3. The smallest absolute Gasteiger partial charge is 0.324 e. The molecule has 1 aromatic heterocycles. The molecule has 3 aromatic rings. The van der Waals surface area contributed by atoms with Gasteiger partial charge in [-0.2, -0.15) is 17.5 Å². The number of hydrogen-bond acceptors (Lipinski definition) is 4. The number of rotatable bonds is 4. The van der Waals surface area contributed by atoms with E-state index in [2.05, 4.69) is 10.3 Å². The van der Waals surface area contributed by atoms with Crippen molar-refractivity contribution in [3.05, 3.63) is 66.4 Å². The van der Waals surface area contributed by atoms with E-state index in [1.807, 2.05) is 30.3 Å². The second-order valence-electron chi connectivity index (χ2n) is 7.61. The summed E-state index contributed by atoms with van der Waals surface area (Å²) in [4.78, 5) is 16.5. The number of sulfonamides is 1. The van der Waals surface area contributed by atoms with E-state index in [4.69, 9.17) is 0 Å². The Morgan fingerprint density at radius 2 is 1.75 bits per heavy atom. The summed E-state index contributed by atoms with van der Waals surface area (Å²) < 4.78 is 65.6. The van der Waals surface area contributed by atoms with Crippen LogP contribution >= 0.6 is 0 Å². The van der Waals surface area contributed by atoms with E-state index in [1.54, 1.807) is 6.20 Å². The third-order valence-corrected chi connectivity index (χ3v) is 7.38. The molecule has 10 heteroatoms. The number of piperidine rings is 1. The van der Waals surface area contributed by atoms with Crippen molar-refractivity contribution in [2.24, 2.45) is 5.92 Å². The number of para-hydroxylation sites is 1. The number of fused-ring (bicyclic) bond motifs is 1. The van der Waals surface area contributed by atoms with Crippen LogP contribution in [0.15, 0.2) is 65.7 Å². The van der Waals surface area contributed by atoms with E-state index in [0.29, 0.717) is 11.8 Å². The van der Waals surface area contributed by atoms with Crippen LogP contribution < -0.4 is 5.32 Å². The van der Waals surface area contributed by atoms with Gasteiger partial charge in [0, 0.05) is 24.4 Å². The van der Waals surface area contributed by atoms with Crippen LogP contribution in [0.3, 0.4) is 0 Å². The molecule has 0 saturated carbocycles. The Morgan fingerprint density at radius 1 is 1.03 bits per heavy atom. The molecule has 4 rings (SSSR count). The lowest BCUT2D eigenvalue weighted by Crippen LogP contribution is -2.41. The zero-order valence-electron chi connectivity index (χ0n) is 16.8. The molecule has 1 N–H and O–H groups in total. The van der Waals surface area contributed by atoms with Gasteiger partial charge in [0.15, 0.2) is 0 Å². The number of nitrogens with one attached hydrogen (secondary N) is 1. The number of anilines is 1. The van der Waals surface area contributed by atoms with Gasteiger partial charge in [-0.25, -0.2) is 8.42 Å². The van der Waals surface area contributed by atoms with Crippen LogP contribution in [0.2, 0.25) is 0 Å². The zero-order chi connectivity index (χ0) is 22.9. The standard InChI is InChI=1S/C22H20F3N3O3S/c23-22(24,25)17-5-3-6-19(13-17)32(30,31)28-10-8-15(9-11-28)21(29)27-18-12-16-4-1-2-7-20(16)26-14-18/h1-7,12-15H,8-11H2,(H,27,29). The van der Waals surface area contributed by atoms with Crippen LogP contribution in [0, 0.1) is 5.92 Å². The monoisotopic (exact) mass is 463 g/mol. The Balaban J connectivity index is 1.41. The second kappa shape index (κ2) is 8.51. The van der Waals surface area contributed by atoms with Crippen molar-refractivity contribution in [2.75, 3.05) is 18.4 Å². The van der Waals surface area contributed by atoms with Gasteiger partial charge in [0.2, 0.25) is 15.9 Å². The summed E-state index contributed by atoms with van der Waals surface area (Å²) in [6.07, 6.45) is -2.53. The maximum atomic E-state index is 12.9. The molecule has 168 valence electrons. The molecule has 0 radical (unpaired) electrons. The number of amides is 1. The number of carbonyl (C=O) groups is 1. The molecule has 1 aliphatic heterocycles. The van der Waals surface area contributed by atoms with Crippen LogP contribution in [-0.2, 0) is 21.0 Å². The molecule has 0 aliphatic carbocycles. The molecule has 1 amide bonds. The van der Waals surface area contributed by atoms with Crippen molar-refractivity contribution in [1.29, 1.82) is 0 Å². The first-order valence-corrected chi connectivity index (χ1v) is 11.4. The van der Waals surface area contributed by atoms with E-state index >= 15 is 0 Å². The average molecular weight is 463 g/mol. The van der Waals surface area contributed by atoms with Gasteiger partial charge in [-0.1, -0.05) is 24.3 Å². The highest BCUT2D eigenvalue weighted by Gasteiger charge is 2.35. The van der Waals surface area contributed by atoms with Gasteiger partial charge in [-0.3, -0.25) is 9.78 Å². The third-order valence-electron chi connectivity index (χ3n) is 5.48. The fourth-order valence-corrected chi connectivity index (χ4v) is 5.24. The van der Waals surface area contributed by atoms with Crippen LogP contribution in [0.25, 0.3) is 10.9 Å². The molecule has 2 aromatic carbocycles. The molecule has 0 spiro atoms. The minimum absolute atomic E-state index is 0.0482. The summed E-state index contributed by atoms with van der Waals surface area (Å²) in [5.41, 5.74) is 0.336.